The van der Waals surface area contributed by atoms with Gasteiger partial charge in [-0.1, -0.05) is 12.1 Å². The zero-order chi connectivity index (χ0) is 25.3. The Morgan fingerprint density at radius 1 is 1.15 bits per heavy atom. The summed E-state index contributed by atoms with van der Waals surface area (Å²) in [7, 11) is -1.03. The van der Waals surface area contributed by atoms with E-state index < -0.39 is 45.4 Å². The van der Waals surface area contributed by atoms with Crippen LogP contribution in [0, 0.1) is 5.82 Å². The Kier molecular flexibility index (Phi) is 7.32. The highest BCUT2D eigenvalue weighted by molar-refractivity contribution is 7.89. The predicted molar refractivity (Wildman–Crippen MR) is 115 cm³/mol. The SMILES string of the molecule is CN(C)S(=O)(=O)c1cccc(C(=O)N2CCC[C@@H]2C(=O)NCc2ccc(C(F)(F)F)cc2F)c1. The highest BCUT2D eigenvalue weighted by Crippen LogP contribution is 2.30. The van der Waals surface area contributed by atoms with Crippen LogP contribution in [0.1, 0.15) is 34.3 Å². The summed E-state index contributed by atoms with van der Waals surface area (Å²) in [6, 6.07) is 6.64. The lowest BCUT2D eigenvalue weighted by atomic mass is 10.1. The molecule has 2 aromatic carbocycles. The van der Waals surface area contributed by atoms with Crippen molar-refractivity contribution in [3.05, 3.63) is 65.0 Å². The zero-order valence-corrected chi connectivity index (χ0v) is 19.2. The van der Waals surface area contributed by atoms with Gasteiger partial charge < -0.3 is 10.2 Å². The number of hydrogen-bond donors (Lipinski definition) is 1. The number of carbonyl (C=O) groups excluding carboxylic acids is 2. The maximum absolute atomic E-state index is 14.1. The first-order valence-electron chi connectivity index (χ1n) is 10.3. The van der Waals surface area contributed by atoms with Gasteiger partial charge in [-0.05, 0) is 43.2 Å². The summed E-state index contributed by atoms with van der Waals surface area (Å²) in [5, 5.41) is 2.47. The summed E-state index contributed by atoms with van der Waals surface area (Å²) in [4.78, 5) is 27.0. The second-order valence-electron chi connectivity index (χ2n) is 7.99. The average molecular weight is 502 g/mol. The third-order valence-corrected chi connectivity index (χ3v) is 7.32. The van der Waals surface area contributed by atoms with Gasteiger partial charge in [-0.2, -0.15) is 13.2 Å². The van der Waals surface area contributed by atoms with Gasteiger partial charge in [-0.3, -0.25) is 9.59 Å². The second-order valence-corrected chi connectivity index (χ2v) is 10.1. The first kappa shape index (κ1) is 25.6. The number of likely N-dealkylation sites (tertiary alicyclic amines) is 1. The van der Waals surface area contributed by atoms with E-state index in [1.54, 1.807) is 0 Å². The first-order valence-corrected chi connectivity index (χ1v) is 11.7. The lowest BCUT2D eigenvalue weighted by molar-refractivity contribution is -0.137. The monoisotopic (exact) mass is 501 g/mol. The Hall–Kier alpha value is -2.99. The Bertz CT molecular complexity index is 1200. The molecule has 1 saturated heterocycles. The molecule has 7 nitrogen and oxygen atoms in total. The van der Waals surface area contributed by atoms with Crippen LogP contribution in [0.25, 0.3) is 0 Å². The van der Waals surface area contributed by atoms with Crippen molar-refractivity contribution < 1.29 is 35.6 Å². The van der Waals surface area contributed by atoms with Gasteiger partial charge in [0.05, 0.1) is 10.5 Å². The van der Waals surface area contributed by atoms with Gasteiger partial charge in [0, 0.05) is 38.3 Å². The topological polar surface area (TPSA) is 86.8 Å². The molecule has 0 spiro atoms. The lowest BCUT2D eigenvalue weighted by Crippen LogP contribution is -2.45. The highest BCUT2D eigenvalue weighted by Gasteiger charge is 2.35. The minimum absolute atomic E-state index is 0.0682. The van der Waals surface area contributed by atoms with Crippen LogP contribution >= 0.6 is 0 Å². The molecule has 1 aliphatic rings. The predicted octanol–water partition coefficient (Wildman–Crippen LogP) is 3.02. The van der Waals surface area contributed by atoms with E-state index in [-0.39, 0.29) is 29.1 Å². The molecule has 1 N–H and O–H groups in total. The van der Waals surface area contributed by atoms with E-state index in [0.29, 0.717) is 18.9 Å². The molecule has 1 atom stereocenters. The molecule has 34 heavy (non-hydrogen) atoms. The molecule has 3 rings (SSSR count). The normalized spacial score (nSPS) is 16.7. The van der Waals surface area contributed by atoms with Gasteiger partial charge in [-0.15, -0.1) is 0 Å². The molecule has 12 heteroatoms. The molecule has 0 unspecified atom stereocenters. The smallest absolute Gasteiger partial charge is 0.350 e. The maximum Gasteiger partial charge on any atom is 0.416 e. The van der Waals surface area contributed by atoms with Crippen molar-refractivity contribution in [2.75, 3.05) is 20.6 Å². The van der Waals surface area contributed by atoms with Gasteiger partial charge >= 0.3 is 6.18 Å². The van der Waals surface area contributed by atoms with E-state index in [1.807, 2.05) is 0 Å². The summed E-state index contributed by atoms with van der Waals surface area (Å²) in [6.07, 6.45) is -3.83. The molecule has 1 aliphatic heterocycles. The number of amides is 2. The summed E-state index contributed by atoms with van der Waals surface area (Å²) in [5.41, 5.74) is -1.17. The van der Waals surface area contributed by atoms with Crippen LogP contribution in [0.3, 0.4) is 0 Å². The molecular weight excluding hydrogens is 478 g/mol. The zero-order valence-electron chi connectivity index (χ0n) is 18.4. The maximum atomic E-state index is 14.1. The number of halogens is 4. The minimum atomic E-state index is -4.68. The minimum Gasteiger partial charge on any atom is -0.350 e. The Morgan fingerprint density at radius 3 is 2.47 bits per heavy atom. The van der Waals surface area contributed by atoms with Crippen molar-refractivity contribution >= 4 is 21.8 Å². The van der Waals surface area contributed by atoms with Crippen LogP contribution < -0.4 is 5.32 Å². The van der Waals surface area contributed by atoms with E-state index in [2.05, 4.69) is 5.32 Å². The van der Waals surface area contributed by atoms with Crippen molar-refractivity contribution in [2.24, 2.45) is 0 Å². The molecule has 0 radical (unpaired) electrons. The molecule has 0 bridgehead atoms. The number of alkyl halides is 3. The fourth-order valence-corrected chi connectivity index (χ4v) is 4.56. The Balaban J connectivity index is 1.72. The molecule has 0 aromatic heterocycles. The third kappa shape index (κ3) is 5.39. The van der Waals surface area contributed by atoms with Crippen molar-refractivity contribution in [1.29, 1.82) is 0 Å². The van der Waals surface area contributed by atoms with E-state index >= 15 is 0 Å². The van der Waals surface area contributed by atoms with Crippen LogP contribution in [0.2, 0.25) is 0 Å². The number of nitrogens with one attached hydrogen (secondary N) is 1. The first-order chi connectivity index (χ1) is 15.8. The second kappa shape index (κ2) is 9.71. The summed E-state index contributed by atoms with van der Waals surface area (Å²) in [6.45, 7) is -0.0892. The lowest BCUT2D eigenvalue weighted by Gasteiger charge is -2.24. The fourth-order valence-electron chi connectivity index (χ4n) is 3.62. The highest BCUT2D eigenvalue weighted by atomic mass is 32.2. The van der Waals surface area contributed by atoms with Gasteiger partial charge in [0.1, 0.15) is 11.9 Å². The average Bonchev–Trinajstić information content (AvgIpc) is 3.27. The van der Waals surface area contributed by atoms with Crippen LogP contribution in [-0.4, -0.2) is 56.1 Å². The summed E-state index contributed by atoms with van der Waals surface area (Å²) in [5.74, 6) is -2.22. The number of benzene rings is 2. The van der Waals surface area contributed by atoms with Gasteiger partial charge in [0.15, 0.2) is 0 Å². The molecule has 0 aliphatic carbocycles. The third-order valence-electron chi connectivity index (χ3n) is 5.51. The van der Waals surface area contributed by atoms with E-state index in [4.69, 9.17) is 0 Å². The fraction of sp³-hybridized carbons (Fsp3) is 0.364. The van der Waals surface area contributed by atoms with Crippen LogP contribution in [0.5, 0.6) is 0 Å². The Morgan fingerprint density at radius 2 is 1.85 bits per heavy atom. The molecule has 0 saturated carbocycles. The number of hydrogen-bond acceptors (Lipinski definition) is 4. The van der Waals surface area contributed by atoms with E-state index in [1.165, 1.54) is 43.3 Å². The quantitative estimate of drug-likeness (QED) is 0.617. The summed E-state index contributed by atoms with van der Waals surface area (Å²) >= 11 is 0. The van der Waals surface area contributed by atoms with Gasteiger partial charge in [0.2, 0.25) is 15.9 Å². The van der Waals surface area contributed by atoms with Gasteiger partial charge in [0.25, 0.3) is 5.91 Å². The molecule has 184 valence electrons. The van der Waals surface area contributed by atoms with Crippen LogP contribution in [0.15, 0.2) is 47.4 Å². The van der Waals surface area contributed by atoms with E-state index in [0.717, 1.165) is 16.4 Å². The summed E-state index contributed by atoms with van der Waals surface area (Å²) < 4.78 is 77.9. The number of carbonyl (C=O) groups is 2. The van der Waals surface area contributed by atoms with Crippen molar-refractivity contribution in [1.82, 2.24) is 14.5 Å². The number of nitrogens with zero attached hydrogens (tertiary/aromatic N) is 2. The van der Waals surface area contributed by atoms with Gasteiger partial charge in [-0.25, -0.2) is 17.1 Å². The molecule has 1 fully saturated rings. The van der Waals surface area contributed by atoms with Crippen molar-refractivity contribution in [2.45, 2.75) is 36.5 Å². The van der Waals surface area contributed by atoms with Crippen molar-refractivity contribution in [3.8, 4) is 0 Å². The number of sulfonamides is 1. The molecular formula is C22H23F4N3O4S. The number of rotatable bonds is 6. The van der Waals surface area contributed by atoms with Crippen molar-refractivity contribution in [3.63, 3.8) is 0 Å². The molecule has 1 heterocycles. The largest absolute Gasteiger partial charge is 0.416 e. The molecule has 2 amide bonds. The van der Waals surface area contributed by atoms with Crippen LogP contribution in [0.4, 0.5) is 17.6 Å². The standard InChI is InChI=1S/C22H23F4N3O4S/c1-28(2)34(32,33)17-6-3-5-14(11-17)21(31)29-10-4-7-19(29)20(30)27-13-15-8-9-16(12-18(15)23)22(24,25)26/h3,5-6,8-9,11-12,19H,4,7,10,13H2,1-2H3,(H,27,30)/t19-/m1/s1. The Labute approximate surface area is 194 Å². The van der Waals surface area contributed by atoms with Crippen LogP contribution in [-0.2, 0) is 27.5 Å². The van der Waals surface area contributed by atoms with E-state index in [9.17, 15) is 35.6 Å². The molecule has 2 aromatic rings.